The molecule has 1 rings (SSSR count). The van der Waals surface area contributed by atoms with Gasteiger partial charge in [-0.05, 0) is 31.9 Å². The quantitative estimate of drug-likeness (QED) is 0.555. The van der Waals surface area contributed by atoms with E-state index in [1.807, 2.05) is 30.3 Å². The molecule has 4 nitrogen and oxygen atoms in total. The molecule has 0 radical (unpaired) electrons. The maximum absolute atomic E-state index is 5.85. The third-order valence-electron chi connectivity index (χ3n) is 3.19. The van der Waals surface area contributed by atoms with Crippen molar-refractivity contribution in [1.82, 2.24) is 0 Å². The van der Waals surface area contributed by atoms with Crippen molar-refractivity contribution in [2.45, 2.75) is 38.9 Å². The normalized spacial score (nSPS) is 13.9. The van der Waals surface area contributed by atoms with Gasteiger partial charge in [0.2, 0.25) is 0 Å². The molecule has 4 heteroatoms. The van der Waals surface area contributed by atoms with E-state index in [9.17, 15) is 0 Å². The number of benzene rings is 1. The van der Waals surface area contributed by atoms with Crippen molar-refractivity contribution in [2.24, 2.45) is 0 Å². The van der Waals surface area contributed by atoms with Gasteiger partial charge in [0, 0.05) is 7.11 Å². The molecule has 0 aliphatic heterocycles. The van der Waals surface area contributed by atoms with Gasteiger partial charge < -0.3 is 18.9 Å². The van der Waals surface area contributed by atoms with Crippen LogP contribution in [-0.2, 0) is 14.2 Å². The highest BCUT2D eigenvalue weighted by molar-refractivity contribution is 5.20. The Morgan fingerprint density at radius 2 is 1.67 bits per heavy atom. The van der Waals surface area contributed by atoms with Crippen molar-refractivity contribution in [3.8, 4) is 5.75 Å². The Hall–Kier alpha value is -1.10. The number of hydrogen-bond donors (Lipinski definition) is 0. The van der Waals surface area contributed by atoms with Gasteiger partial charge in [0.1, 0.15) is 12.4 Å². The van der Waals surface area contributed by atoms with Crippen LogP contribution in [0.2, 0.25) is 0 Å². The molecule has 0 heterocycles. The van der Waals surface area contributed by atoms with Crippen LogP contribution in [0.1, 0.15) is 26.7 Å². The Morgan fingerprint density at radius 1 is 0.952 bits per heavy atom. The van der Waals surface area contributed by atoms with Crippen LogP contribution in [0.3, 0.4) is 0 Å². The van der Waals surface area contributed by atoms with Crippen molar-refractivity contribution in [2.75, 3.05) is 33.5 Å². The number of para-hydroxylation sites is 1. The van der Waals surface area contributed by atoms with Gasteiger partial charge in [-0.15, -0.1) is 0 Å². The molecule has 0 aliphatic rings. The van der Waals surface area contributed by atoms with Crippen molar-refractivity contribution < 1.29 is 18.9 Å². The van der Waals surface area contributed by atoms with Crippen LogP contribution < -0.4 is 4.74 Å². The molecule has 0 aliphatic carbocycles. The first-order valence-corrected chi connectivity index (χ1v) is 7.66. The molecule has 0 saturated heterocycles. The lowest BCUT2D eigenvalue weighted by Gasteiger charge is -2.21. The van der Waals surface area contributed by atoms with Gasteiger partial charge in [-0.3, -0.25) is 0 Å². The zero-order valence-corrected chi connectivity index (χ0v) is 13.4. The number of hydrogen-bond acceptors (Lipinski definition) is 4. The lowest BCUT2D eigenvalue weighted by molar-refractivity contribution is -0.0293. The van der Waals surface area contributed by atoms with E-state index in [1.165, 1.54) is 0 Å². The maximum atomic E-state index is 5.85. The highest BCUT2D eigenvalue weighted by Crippen LogP contribution is 2.11. The molecule has 0 N–H and O–H groups in total. The summed E-state index contributed by atoms with van der Waals surface area (Å²) < 4.78 is 22.1. The lowest BCUT2D eigenvalue weighted by atomic mass is 10.1. The molecule has 2 atom stereocenters. The van der Waals surface area contributed by atoms with Gasteiger partial charge in [0.25, 0.3) is 0 Å². The summed E-state index contributed by atoms with van der Waals surface area (Å²) in [7, 11) is 1.68. The molecule has 0 amide bonds. The van der Waals surface area contributed by atoms with Crippen LogP contribution in [0.25, 0.3) is 0 Å². The van der Waals surface area contributed by atoms with E-state index in [0.717, 1.165) is 18.6 Å². The second-order valence-electron chi connectivity index (χ2n) is 4.97. The van der Waals surface area contributed by atoms with Crippen molar-refractivity contribution >= 4 is 0 Å². The second kappa shape index (κ2) is 11.5. The van der Waals surface area contributed by atoms with Gasteiger partial charge in [-0.25, -0.2) is 0 Å². The third kappa shape index (κ3) is 8.71. The summed E-state index contributed by atoms with van der Waals surface area (Å²) in [5, 5.41) is 0. The fraction of sp³-hybridized carbons (Fsp3) is 0.647. The zero-order valence-electron chi connectivity index (χ0n) is 13.4. The monoisotopic (exact) mass is 296 g/mol. The predicted octanol–water partition coefficient (Wildman–Crippen LogP) is 3.30. The van der Waals surface area contributed by atoms with Crippen LogP contribution in [0.5, 0.6) is 5.75 Å². The predicted molar refractivity (Wildman–Crippen MR) is 83.9 cm³/mol. The van der Waals surface area contributed by atoms with Gasteiger partial charge in [-0.2, -0.15) is 0 Å². The van der Waals surface area contributed by atoms with E-state index in [-0.39, 0.29) is 12.2 Å². The van der Waals surface area contributed by atoms with E-state index in [4.69, 9.17) is 18.9 Å². The fourth-order valence-corrected chi connectivity index (χ4v) is 2.01. The maximum Gasteiger partial charge on any atom is 0.119 e. The van der Waals surface area contributed by atoms with Gasteiger partial charge in [0.05, 0.1) is 32.0 Å². The minimum Gasteiger partial charge on any atom is -0.491 e. The standard InChI is InChI=1S/C17H28O4/c1-4-16(14-15(2)19-11-10-18-3)20-12-13-21-17-8-6-5-7-9-17/h5-9,15-16H,4,10-14H2,1-3H3. The van der Waals surface area contributed by atoms with Crippen LogP contribution in [0.4, 0.5) is 0 Å². The highest BCUT2D eigenvalue weighted by atomic mass is 16.5. The molecule has 0 saturated carbocycles. The van der Waals surface area contributed by atoms with Crippen LogP contribution in [0, 0.1) is 0 Å². The SMILES string of the molecule is CCC(CC(C)OCCOC)OCCOc1ccccc1. The van der Waals surface area contributed by atoms with Crippen molar-refractivity contribution in [1.29, 1.82) is 0 Å². The Kier molecular flexibility index (Phi) is 9.87. The molecular formula is C17H28O4. The van der Waals surface area contributed by atoms with Crippen LogP contribution in [-0.4, -0.2) is 45.7 Å². The zero-order chi connectivity index (χ0) is 15.3. The summed E-state index contributed by atoms with van der Waals surface area (Å²) in [6.07, 6.45) is 2.26. The molecule has 21 heavy (non-hydrogen) atoms. The minimum atomic E-state index is 0.181. The molecule has 0 bridgehead atoms. The molecule has 1 aromatic carbocycles. The molecule has 0 spiro atoms. The molecule has 0 fully saturated rings. The van der Waals surface area contributed by atoms with Gasteiger partial charge in [0.15, 0.2) is 0 Å². The van der Waals surface area contributed by atoms with E-state index in [1.54, 1.807) is 7.11 Å². The topological polar surface area (TPSA) is 36.9 Å². The molecule has 2 unspecified atom stereocenters. The molecule has 0 aromatic heterocycles. The summed E-state index contributed by atoms with van der Waals surface area (Å²) in [5.74, 6) is 0.880. The summed E-state index contributed by atoms with van der Waals surface area (Å²) >= 11 is 0. The Morgan fingerprint density at radius 3 is 2.33 bits per heavy atom. The van der Waals surface area contributed by atoms with E-state index in [0.29, 0.717) is 26.4 Å². The summed E-state index contributed by atoms with van der Waals surface area (Å²) in [5.41, 5.74) is 0. The molecule has 1 aromatic rings. The number of methoxy groups -OCH3 is 1. The first kappa shape index (κ1) is 18.0. The Balaban J connectivity index is 2.12. The van der Waals surface area contributed by atoms with Gasteiger partial charge >= 0.3 is 0 Å². The molecule has 120 valence electrons. The first-order chi connectivity index (χ1) is 10.3. The Bertz CT molecular complexity index is 342. The number of ether oxygens (including phenoxy) is 4. The van der Waals surface area contributed by atoms with E-state index >= 15 is 0 Å². The van der Waals surface area contributed by atoms with E-state index in [2.05, 4.69) is 13.8 Å². The summed E-state index contributed by atoms with van der Waals surface area (Å²) in [6.45, 7) is 6.63. The minimum absolute atomic E-state index is 0.181. The van der Waals surface area contributed by atoms with Crippen LogP contribution >= 0.6 is 0 Å². The smallest absolute Gasteiger partial charge is 0.119 e. The average Bonchev–Trinajstić information content (AvgIpc) is 2.51. The van der Waals surface area contributed by atoms with E-state index < -0.39 is 0 Å². The molecular weight excluding hydrogens is 268 g/mol. The number of rotatable bonds is 12. The third-order valence-corrected chi connectivity index (χ3v) is 3.19. The highest BCUT2D eigenvalue weighted by Gasteiger charge is 2.12. The van der Waals surface area contributed by atoms with Crippen LogP contribution in [0.15, 0.2) is 30.3 Å². The second-order valence-corrected chi connectivity index (χ2v) is 4.97. The first-order valence-electron chi connectivity index (χ1n) is 7.66. The fourth-order valence-electron chi connectivity index (χ4n) is 2.01. The summed E-state index contributed by atoms with van der Waals surface area (Å²) in [4.78, 5) is 0. The lowest BCUT2D eigenvalue weighted by Crippen LogP contribution is -2.23. The average molecular weight is 296 g/mol. The van der Waals surface area contributed by atoms with Crippen molar-refractivity contribution in [3.63, 3.8) is 0 Å². The largest absolute Gasteiger partial charge is 0.491 e. The Labute approximate surface area is 128 Å². The van der Waals surface area contributed by atoms with Crippen molar-refractivity contribution in [3.05, 3.63) is 30.3 Å². The summed E-state index contributed by atoms with van der Waals surface area (Å²) in [6, 6.07) is 9.79. The van der Waals surface area contributed by atoms with Gasteiger partial charge in [-0.1, -0.05) is 25.1 Å².